The van der Waals surface area contributed by atoms with E-state index >= 15 is 0 Å². The fourth-order valence-electron chi connectivity index (χ4n) is 1.21. The van der Waals surface area contributed by atoms with Crippen LogP contribution in [0.15, 0.2) is 0 Å². The van der Waals surface area contributed by atoms with Gasteiger partial charge in [0.15, 0.2) is 5.56 Å². The van der Waals surface area contributed by atoms with Gasteiger partial charge >= 0.3 is 16.5 Å². The van der Waals surface area contributed by atoms with E-state index in [1.807, 2.05) is 0 Å². The number of alkyl halides is 1. The molecule has 0 aromatic heterocycles. The normalized spacial score (nSPS) is 49.4. The molecule has 2 heterocycles. The molecule has 2 atom stereocenters. The van der Waals surface area contributed by atoms with Crippen LogP contribution in [0.25, 0.3) is 0 Å². The largest absolute Gasteiger partial charge is 0.320 e. The van der Waals surface area contributed by atoms with E-state index in [1.165, 1.54) is 0 Å². The number of hydrogen-bond acceptors (Lipinski definition) is 6. The second-order valence-corrected chi connectivity index (χ2v) is 5.66. The predicted molar refractivity (Wildman–Crippen MR) is 49.0 cm³/mol. The highest BCUT2D eigenvalue weighted by atomic mass is 35.5. The Morgan fingerprint density at radius 1 is 1.07 bits per heavy atom. The maximum Gasteiger partial charge on any atom is 0.320 e. The van der Waals surface area contributed by atoms with Crippen LogP contribution < -0.4 is 0 Å². The van der Waals surface area contributed by atoms with Crippen LogP contribution in [0.5, 0.6) is 0 Å². The average Bonchev–Trinajstić information content (AvgIpc) is 2.16. The Balaban J connectivity index is 2.08. The summed E-state index contributed by atoms with van der Waals surface area (Å²) in [7, 11) is -4.88. The molecule has 0 amide bonds. The third-order valence-electron chi connectivity index (χ3n) is 2.11. The molecule has 0 saturated carbocycles. The highest BCUT2D eigenvalue weighted by Crippen LogP contribution is 2.48. The summed E-state index contributed by atoms with van der Waals surface area (Å²) in [6, 6.07) is 0. The molecule has 2 fully saturated rings. The Bertz CT molecular complexity index is 265. The van der Waals surface area contributed by atoms with Crippen molar-refractivity contribution in [1.82, 2.24) is 0 Å². The molecule has 2 aliphatic heterocycles. The molecule has 0 aromatic carbocycles. The van der Waals surface area contributed by atoms with E-state index in [0.29, 0.717) is 0 Å². The number of hydrogen-bond donors (Lipinski definition) is 0. The lowest BCUT2D eigenvalue weighted by atomic mass is 9.92. The first-order valence-corrected chi connectivity index (χ1v) is 6.78. The molecule has 0 N–H and O–H groups in total. The molecule has 6 nitrogen and oxygen atoms in total. The first kappa shape index (κ1) is 11.1. The van der Waals surface area contributed by atoms with Gasteiger partial charge in [0.1, 0.15) is 0 Å². The van der Waals surface area contributed by atoms with Crippen LogP contribution >= 0.6 is 28.1 Å². The maximum atomic E-state index is 10.9. The summed E-state index contributed by atoms with van der Waals surface area (Å²) < 4.78 is 41.2. The zero-order valence-electron chi connectivity index (χ0n) is 7.03. The second kappa shape index (κ2) is 4.22. The predicted octanol–water partition coefficient (Wildman–Crippen LogP) is 1.41. The van der Waals surface area contributed by atoms with Crippen molar-refractivity contribution in [1.29, 1.82) is 0 Å². The lowest BCUT2D eigenvalue weighted by Crippen LogP contribution is -2.47. The topological polar surface area (TPSA) is 71.1 Å². The minimum Gasteiger partial charge on any atom is -0.310 e. The van der Waals surface area contributed by atoms with E-state index in [4.69, 9.17) is 29.7 Å². The summed E-state index contributed by atoms with van der Waals surface area (Å²) in [4.78, 5) is 0. The Hall–Kier alpha value is 0.590. The van der Waals surface area contributed by atoms with Crippen LogP contribution in [0.2, 0.25) is 0 Å². The summed E-state index contributed by atoms with van der Waals surface area (Å²) in [5, 5.41) is 0. The third-order valence-corrected chi connectivity index (χ3v) is 4.38. The van der Waals surface area contributed by atoms with E-state index in [9.17, 15) is 9.13 Å². The van der Waals surface area contributed by atoms with Crippen LogP contribution in [0, 0.1) is 5.41 Å². The van der Waals surface area contributed by atoms with Gasteiger partial charge in [0.05, 0.1) is 25.2 Å². The summed E-state index contributed by atoms with van der Waals surface area (Å²) in [5.74, 6) is 0. The Labute approximate surface area is 86.7 Å². The van der Waals surface area contributed by atoms with Crippen molar-refractivity contribution in [2.24, 2.45) is 5.41 Å². The zero-order chi connectivity index (χ0) is 10.2. The fourth-order valence-corrected chi connectivity index (χ4v) is 3.41. The van der Waals surface area contributed by atoms with Crippen molar-refractivity contribution in [2.75, 3.05) is 19.8 Å². The van der Waals surface area contributed by atoms with Crippen molar-refractivity contribution in [3.05, 3.63) is 0 Å². The lowest BCUT2D eigenvalue weighted by molar-refractivity contribution is -0.0743. The first-order chi connectivity index (χ1) is 6.62. The summed E-state index contributed by atoms with van der Waals surface area (Å²) >= 11 is 5.87. The Kier molecular flexibility index (Phi) is 3.34. The minimum atomic E-state index is -2.49. The zero-order valence-corrected chi connectivity index (χ0v) is 9.78. The highest BCUT2D eigenvalue weighted by molar-refractivity contribution is 7.33. The molecule has 0 aromatic rings. The van der Waals surface area contributed by atoms with Gasteiger partial charge < -0.3 is 13.6 Å². The molecule has 1 spiro atoms. The van der Waals surface area contributed by atoms with E-state index in [0.717, 1.165) is 0 Å². The van der Waals surface area contributed by atoms with Crippen LogP contribution in [0.4, 0.5) is 0 Å². The molecular weight excluding hydrogens is 253 g/mol. The van der Waals surface area contributed by atoms with Gasteiger partial charge in [-0.3, -0.25) is 13.7 Å². The standard InChI is InChI=1S/C5H9ClO6P2/c6-4-5(3-11-14(8)12-4)1-9-13(7)10-2-5/h4,13-14H,1-3H2. The average molecular weight is 263 g/mol. The van der Waals surface area contributed by atoms with E-state index in [2.05, 4.69) is 0 Å². The molecule has 0 aliphatic carbocycles. The van der Waals surface area contributed by atoms with Gasteiger partial charge in [-0.05, 0) is 0 Å². The van der Waals surface area contributed by atoms with Crippen LogP contribution in [-0.4, -0.2) is 25.4 Å². The summed E-state index contributed by atoms with van der Waals surface area (Å²) in [6.45, 7) is 0.399. The second-order valence-electron chi connectivity index (χ2n) is 3.16. The molecule has 2 aliphatic rings. The number of halogens is 1. The van der Waals surface area contributed by atoms with Crippen LogP contribution in [-0.2, 0) is 27.2 Å². The van der Waals surface area contributed by atoms with Crippen LogP contribution in [0.1, 0.15) is 0 Å². The molecule has 14 heavy (non-hydrogen) atoms. The smallest absolute Gasteiger partial charge is 0.310 e. The summed E-state index contributed by atoms with van der Waals surface area (Å²) in [5.41, 5.74) is -1.49. The molecule has 2 saturated heterocycles. The van der Waals surface area contributed by atoms with Crippen molar-refractivity contribution in [2.45, 2.75) is 5.56 Å². The molecule has 2 unspecified atom stereocenters. The molecule has 2 rings (SSSR count). The fraction of sp³-hybridized carbons (Fsp3) is 1.00. The quantitative estimate of drug-likeness (QED) is 0.485. The van der Waals surface area contributed by atoms with E-state index in [-0.39, 0.29) is 19.8 Å². The lowest BCUT2D eigenvalue weighted by Gasteiger charge is -2.41. The van der Waals surface area contributed by atoms with Gasteiger partial charge in [0.25, 0.3) is 0 Å². The maximum absolute atomic E-state index is 10.9. The molecule has 0 radical (unpaired) electrons. The first-order valence-electron chi connectivity index (χ1n) is 3.89. The summed E-state index contributed by atoms with van der Waals surface area (Å²) in [6.07, 6.45) is 0. The SMILES string of the molecule is O=[PH]1OCC2(CO1)CO[PH](=O)OC2Cl. The monoisotopic (exact) mass is 262 g/mol. The van der Waals surface area contributed by atoms with E-state index < -0.39 is 27.5 Å². The van der Waals surface area contributed by atoms with Crippen molar-refractivity contribution >= 4 is 28.1 Å². The van der Waals surface area contributed by atoms with Gasteiger partial charge in [0, 0.05) is 0 Å². The van der Waals surface area contributed by atoms with Crippen molar-refractivity contribution in [3.63, 3.8) is 0 Å². The molecule has 0 bridgehead atoms. The van der Waals surface area contributed by atoms with Crippen molar-refractivity contribution in [3.8, 4) is 0 Å². The van der Waals surface area contributed by atoms with Crippen molar-refractivity contribution < 1.29 is 27.2 Å². The van der Waals surface area contributed by atoms with Crippen LogP contribution in [0.3, 0.4) is 0 Å². The molecule has 9 heteroatoms. The minimum absolute atomic E-state index is 0.133. The van der Waals surface area contributed by atoms with Gasteiger partial charge in [-0.15, -0.1) is 0 Å². The van der Waals surface area contributed by atoms with E-state index in [1.54, 1.807) is 0 Å². The third kappa shape index (κ3) is 2.07. The van der Waals surface area contributed by atoms with Gasteiger partial charge in [-0.25, -0.2) is 0 Å². The van der Waals surface area contributed by atoms with Gasteiger partial charge in [-0.1, -0.05) is 11.6 Å². The van der Waals surface area contributed by atoms with Gasteiger partial charge in [-0.2, -0.15) is 0 Å². The highest BCUT2D eigenvalue weighted by Gasteiger charge is 2.47. The number of rotatable bonds is 0. The molecular formula is C5H9ClO6P2. The molecule has 82 valence electrons. The Morgan fingerprint density at radius 3 is 2.14 bits per heavy atom. The Morgan fingerprint density at radius 2 is 1.57 bits per heavy atom. The van der Waals surface area contributed by atoms with Gasteiger partial charge in [0.2, 0.25) is 0 Å².